The standard InChI is InChI=1S/C26H34N4O2S/c1-5-6-23(31)30-17-15-29(16-18-30)22-13-11-21(12-14-22)27-25(33)28-24(32)19-7-9-20(10-8-19)26(2,3)4/h7-14H,5-6,15-18H2,1-4H3,(H2,27,28,32,33). The van der Waals surface area contributed by atoms with E-state index in [4.69, 9.17) is 12.2 Å². The fraction of sp³-hybridized carbons (Fsp3) is 0.423. The maximum atomic E-state index is 12.5. The van der Waals surface area contributed by atoms with Crippen molar-refractivity contribution >= 4 is 40.5 Å². The average Bonchev–Trinajstić information content (AvgIpc) is 2.79. The van der Waals surface area contributed by atoms with Gasteiger partial charge in [0.25, 0.3) is 5.91 Å². The maximum absolute atomic E-state index is 12.5. The van der Waals surface area contributed by atoms with Crippen LogP contribution in [0, 0.1) is 0 Å². The molecule has 1 aliphatic rings. The summed E-state index contributed by atoms with van der Waals surface area (Å²) in [5, 5.41) is 6.07. The highest BCUT2D eigenvalue weighted by Gasteiger charge is 2.20. The van der Waals surface area contributed by atoms with E-state index in [-0.39, 0.29) is 22.3 Å². The van der Waals surface area contributed by atoms with Gasteiger partial charge in [-0.15, -0.1) is 0 Å². The zero-order chi connectivity index (χ0) is 24.0. The van der Waals surface area contributed by atoms with Gasteiger partial charge in [0.1, 0.15) is 0 Å². The van der Waals surface area contributed by atoms with Crippen molar-refractivity contribution in [2.75, 3.05) is 36.4 Å². The van der Waals surface area contributed by atoms with Gasteiger partial charge in [-0.25, -0.2) is 0 Å². The van der Waals surface area contributed by atoms with Crippen molar-refractivity contribution in [1.29, 1.82) is 0 Å². The molecule has 0 saturated carbocycles. The molecule has 2 amide bonds. The fourth-order valence-corrected chi connectivity index (χ4v) is 4.01. The van der Waals surface area contributed by atoms with E-state index < -0.39 is 0 Å². The van der Waals surface area contributed by atoms with Crippen molar-refractivity contribution in [1.82, 2.24) is 10.2 Å². The second kappa shape index (κ2) is 10.8. The quantitative estimate of drug-likeness (QED) is 0.633. The van der Waals surface area contributed by atoms with Gasteiger partial charge in [-0.05, 0) is 66.0 Å². The normalized spacial score (nSPS) is 14.1. The Balaban J connectivity index is 1.50. The maximum Gasteiger partial charge on any atom is 0.257 e. The minimum absolute atomic E-state index is 0.0398. The lowest BCUT2D eigenvalue weighted by molar-refractivity contribution is -0.131. The molecule has 2 N–H and O–H groups in total. The number of piperazine rings is 1. The number of benzene rings is 2. The number of hydrogen-bond acceptors (Lipinski definition) is 4. The number of amides is 2. The third-order valence-corrected chi connectivity index (χ3v) is 6.03. The Labute approximate surface area is 202 Å². The Morgan fingerprint density at radius 2 is 1.55 bits per heavy atom. The van der Waals surface area contributed by atoms with Crippen LogP contribution in [-0.2, 0) is 10.2 Å². The number of rotatable bonds is 5. The topological polar surface area (TPSA) is 64.7 Å². The van der Waals surface area contributed by atoms with Crippen LogP contribution in [0.5, 0.6) is 0 Å². The molecule has 1 heterocycles. The van der Waals surface area contributed by atoms with Crippen LogP contribution in [0.15, 0.2) is 48.5 Å². The molecule has 176 valence electrons. The lowest BCUT2D eigenvalue weighted by Gasteiger charge is -2.36. The molecule has 3 rings (SSSR count). The average molecular weight is 467 g/mol. The molecular formula is C26H34N4O2S. The lowest BCUT2D eigenvalue weighted by Crippen LogP contribution is -2.48. The summed E-state index contributed by atoms with van der Waals surface area (Å²) in [5.74, 6) is 0.0115. The van der Waals surface area contributed by atoms with E-state index in [1.54, 1.807) is 0 Å². The first-order chi connectivity index (χ1) is 15.7. The molecule has 1 saturated heterocycles. The van der Waals surface area contributed by atoms with Crippen LogP contribution < -0.4 is 15.5 Å². The molecular weight excluding hydrogens is 432 g/mol. The third kappa shape index (κ3) is 6.78. The van der Waals surface area contributed by atoms with Crippen LogP contribution in [0.4, 0.5) is 11.4 Å². The van der Waals surface area contributed by atoms with Crippen LogP contribution in [0.1, 0.15) is 56.5 Å². The molecule has 0 bridgehead atoms. The van der Waals surface area contributed by atoms with Gasteiger partial charge in [0.2, 0.25) is 5.91 Å². The molecule has 7 heteroatoms. The second-order valence-electron chi connectivity index (χ2n) is 9.40. The van der Waals surface area contributed by atoms with E-state index in [1.807, 2.05) is 60.4 Å². The fourth-order valence-electron chi connectivity index (χ4n) is 3.80. The Kier molecular flexibility index (Phi) is 8.08. The molecule has 0 radical (unpaired) electrons. The van der Waals surface area contributed by atoms with Gasteiger partial charge in [-0.3, -0.25) is 14.9 Å². The summed E-state index contributed by atoms with van der Waals surface area (Å²) >= 11 is 5.32. The molecule has 0 unspecified atom stereocenters. The molecule has 0 atom stereocenters. The Bertz CT molecular complexity index is 973. The number of carbonyl (C=O) groups is 2. The van der Waals surface area contributed by atoms with E-state index >= 15 is 0 Å². The van der Waals surface area contributed by atoms with Gasteiger partial charge in [-0.1, -0.05) is 39.8 Å². The Morgan fingerprint density at radius 3 is 2.09 bits per heavy atom. The van der Waals surface area contributed by atoms with E-state index in [0.717, 1.165) is 44.0 Å². The summed E-state index contributed by atoms with van der Waals surface area (Å²) in [6.07, 6.45) is 1.51. The first-order valence-corrected chi connectivity index (χ1v) is 11.9. The third-order valence-electron chi connectivity index (χ3n) is 5.83. The van der Waals surface area contributed by atoms with Gasteiger partial charge < -0.3 is 15.1 Å². The number of hydrogen-bond donors (Lipinski definition) is 2. The summed E-state index contributed by atoms with van der Waals surface area (Å²) < 4.78 is 0. The number of anilines is 2. The Morgan fingerprint density at radius 1 is 0.939 bits per heavy atom. The smallest absolute Gasteiger partial charge is 0.257 e. The molecule has 6 nitrogen and oxygen atoms in total. The Hall–Kier alpha value is -2.93. The predicted molar refractivity (Wildman–Crippen MR) is 139 cm³/mol. The van der Waals surface area contributed by atoms with Gasteiger partial charge in [0, 0.05) is 49.5 Å². The number of nitrogens with one attached hydrogen (secondary N) is 2. The second-order valence-corrected chi connectivity index (χ2v) is 9.81. The molecule has 2 aromatic rings. The zero-order valence-corrected chi connectivity index (χ0v) is 20.8. The highest BCUT2D eigenvalue weighted by Crippen LogP contribution is 2.22. The summed E-state index contributed by atoms with van der Waals surface area (Å²) in [4.78, 5) is 28.8. The van der Waals surface area contributed by atoms with Gasteiger partial charge in [0.15, 0.2) is 5.11 Å². The monoisotopic (exact) mass is 466 g/mol. The summed E-state index contributed by atoms with van der Waals surface area (Å²) in [7, 11) is 0. The molecule has 0 aromatic heterocycles. The van der Waals surface area contributed by atoms with Crippen LogP contribution in [0.3, 0.4) is 0 Å². The van der Waals surface area contributed by atoms with Gasteiger partial charge in [0.05, 0.1) is 0 Å². The van der Waals surface area contributed by atoms with Gasteiger partial charge in [-0.2, -0.15) is 0 Å². The predicted octanol–water partition coefficient (Wildman–Crippen LogP) is 4.56. The summed E-state index contributed by atoms with van der Waals surface area (Å²) in [6, 6.07) is 15.5. The molecule has 1 aliphatic heterocycles. The first kappa shape index (κ1) is 24.7. The van der Waals surface area contributed by atoms with Crippen LogP contribution in [0.25, 0.3) is 0 Å². The van der Waals surface area contributed by atoms with Crippen molar-refractivity contribution in [3.8, 4) is 0 Å². The van der Waals surface area contributed by atoms with Crippen molar-refractivity contribution in [3.05, 3.63) is 59.7 Å². The zero-order valence-electron chi connectivity index (χ0n) is 20.0. The van der Waals surface area contributed by atoms with E-state index in [9.17, 15) is 9.59 Å². The molecule has 1 fully saturated rings. The number of carbonyl (C=O) groups excluding carboxylic acids is 2. The molecule has 33 heavy (non-hydrogen) atoms. The minimum Gasteiger partial charge on any atom is -0.368 e. The van der Waals surface area contributed by atoms with Crippen molar-refractivity contribution < 1.29 is 9.59 Å². The largest absolute Gasteiger partial charge is 0.368 e. The number of nitrogens with zero attached hydrogens (tertiary/aromatic N) is 2. The highest BCUT2D eigenvalue weighted by molar-refractivity contribution is 7.80. The molecule has 2 aromatic carbocycles. The number of thiocarbonyl (C=S) groups is 1. The minimum atomic E-state index is -0.236. The van der Waals surface area contributed by atoms with E-state index in [1.165, 1.54) is 5.56 Å². The first-order valence-electron chi connectivity index (χ1n) is 11.5. The van der Waals surface area contributed by atoms with E-state index in [2.05, 4.69) is 36.3 Å². The summed E-state index contributed by atoms with van der Waals surface area (Å²) in [5.41, 5.74) is 3.70. The van der Waals surface area contributed by atoms with Crippen LogP contribution in [0.2, 0.25) is 0 Å². The van der Waals surface area contributed by atoms with Crippen LogP contribution in [-0.4, -0.2) is 48.0 Å². The van der Waals surface area contributed by atoms with Crippen LogP contribution >= 0.6 is 12.2 Å². The van der Waals surface area contributed by atoms with Crippen molar-refractivity contribution in [2.45, 2.75) is 46.0 Å². The van der Waals surface area contributed by atoms with Crippen molar-refractivity contribution in [2.24, 2.45) is 0 Å². The lowest BCUT2D eigenvalue weighted by atomic mass is 9.87. The molecule has 0 aliphatic carbocycles. The summed E-state index contributed by atoms with van der Waals surface area (Å²) in [6.45, 7) is 11.6. The van der Waals surface area contributed by atoms with Crippen molar-refractivity contribution in [3.63, 3.8) is 0 Å². The van der Waals surface area contributed by atoms with Gasteiger partial charge >= 0.3 is 0 Å². The highest BCUT2D eigenvalue weighted by atomic mass is 32.1. The SMILES string of the molecule is CCCC(=O)N1CCN(c2ccc(NC(=S)NC(=O)c3ccc(C(C)(C)C)cc3)cc2)CC1. The van der Waals surface area contributed by atoms with E-state index in [0.29, 0.717) is 12.0 Å². The molecule has 0 spiro atoms.